The van der Waals surface area contributed by atoms with Gasteiger partial charge >= 0.3 is 6.09 Å². The number of nitrogens with one attached hydrogen (secondary N) is 2. The van der Waals surface area contributed by atoms with Crippen molar-refractivity contribution in [1.82, 2.24) is 25.2 Å². The van der Waals surface area contributed by atoms with E-state index in [9.17, 15) is 4.79 Å². The number of anilines is 2. The minimum absolute atomic E-state index is 0.0600. The van der Waals surface area contributed by atoms with E-state index < -0.39 is 0 Å². The van der Waals surface area contributed by atoms with Gasteiger partial charge in [-0.25, -0.2) is 19.7 Å². The van der Waals surface area contributed by atoms with E-state index in [2.05, 4.69) is 30.5 Å². The summed E-state index contributed by atoms with van der Waals surface area (Å²) in [4.78, 5) is 30.5. The molecule has 3 aromatic rings. The molecular formula is C26H32ClN7O2. The van der Waals surface area contributed by atoms with E-state index in [0.29, 0.717) is 49.6 Å². The van der Waals surface area contributed by atoms with Crippen LogP contribution in [0.15, 0.2) is 42.7 Å². The molecule has 1 amide bonds. The molecule has 5 rings (SSSR count). The monoisotopic (exact) mass is 509 g/mol. The summed E-state index contributed by atoms with van der Waals surface area (Å²) in [5.41, 5.74) is 1.80. The fraction of sp³-hybridized carbons (Fsp3) is 0.462. The zero-order valence-corrected chi connectivity index (χ0v) is 21.2. The molecule has 1 aromatic carbocycles. The Balaban J connectivity index is 1.19. The van der Waals surface area contributed by atoms with E-state index in [-0.39, 0.29) is 12.2 Å². The number of piperidine rings is 1. The van der Waals surface area contributed by atoms with Gasteiger partial charge in [-0.1, -0.05) is 29.8 Å². The first kappa shape index (κ1) is 24.5. The number of benzene rings is 1. The highest BCUT2D eigenvalue weighted by atomic mass is 35.5. The maximum atomic E-state index is 12.7. The number of carbonyl (C=O) groups is 1. The summed E-state index contributed by atoms with van der Waals surface area (Å²) in [5, 5.41) is 8.20. The number of fused-ring (bicyclic) bond motifs is 1. The van der Waals surface area contributed by atoms with Gasteiger partial charge in [0.15, 0.2) is 0 Å². The molecule has 190 valence electrons. The van der Waals surface area contributed by atoms with E-state index in [0.717, 1.165) is 48.2 Å². The van der Waals surface area contributed by atoms with Gasteiger partial charge < -0.3 is 25.2 Å². The van der Waals surface area contributed by atoms with Crippen molar-refractivity contribution in [3.05, 3.63) is 53.3 Å². The average Bonchev–Trinajstić information content (AvgIpc) is 2.92. The van der Waals surface area contributed by atoms with Gasteiger partial charge in [0, 0.05) is 50.1 Å². The molecule has 10 heteroatoms. The van der Waals surface area contributed by atoms with Crippen molar-refractivity contribution in [1.29, 1.82) is 0 Å². The summed E-state index contributed by atoms with van der Waals surface area (Å²) in [6.45, 7) is 7.07. The summed E-state index contributed by atoms with van der Waals surface area (Å²) in [6, 6.07) is 9.59. The van der Waals surface area contributed by atoms with E-state index >= 15 is 0 Å². The van der Waals surface area contributed by atoms with Crippen LogP contribution in [0.2, 0.25) is 5.02 Å². The van der Waals surface area contributed by atoms with E-state index in [1.807, 2.05) is 37.3 Å². The van der Waals surface area contributed by atoms with Gasteiger partial charge in [0.2, 0.25) is 5.95 Å². The lowest BCUT2D eigenvalue weighted by molar-refractivity contribution is 0.0347. The number of nitrogens with zero attached hydrogens (tertiary/aromatic N) is 5. The summed E-state index contributed by atoms with van der Waals surface area (Å²) < 4.78 is 5.81. The van der Waals surface area contributed by atoms with E-state index in [1.54, 1.807) is 17.3 Å². The number of rotatable bonds is 6. The van der Waals surface area contributed by atoms with Gasteiger partial charge in [0.1, 0.15) is 11.9 Å². The summed E-state index contributed by atoms with van der Waals surface area (Å²) in [6.07, 6.45) is 5.40. The predicted octanol–water partition coefficient (Wildman–Crippen LogP) is 3.94. The predicted molar refractivity (Wildman–Crippen MR) is 141 cm³/mol. The summed E-state index contributed by atoms with van der Waals surface area (Å²) in [5.74, 6) is 1.80. The number of halogens is 1. The third-order valence-corrected chi connectivity index (χ3v) is 7.42. The highest BCUT2D eigenvalue weighted by Gasteiger charge is 2.28. The molecule has 0 aliphatic carbocycles. The van der Waals surface area contributed by atoms with Crippen molar-refractivity contribution in [2.24, 2.45) is 5.92 Å². The number of aromatic nitrogens is 3. The molecule has 2 aromatic heterocycles. The first-order chi connectivity index (χ1) is 17.6. The number of ether oxygens (including phenoxy) is 1. The molecule has 1 atom stereocenters. The Labute approximate surface area is 216 Å². The van der Waals surface area contributed by atoms with Gasteiger partial charge in [-0.15, -0.1) is 0 Å². The Morgan fingerprint density at radius 3 is 2.72 bits per heavy atom. The molecule has 2 fully saturated rings. The Morgan fingerprint density at radius 1 is 1.17 bits per heavy atom. The molecule has 0 radical (unpaired) electrons. The topological polar surface area (TPSA) is 95.5 Å². The average molecular weight is 510 g/mol. The number of pyridine rings is 1. The minimum atomic E-state index is -0.218. The maximum absolute atomic E-state index is 12.7. The van der Waals surface area contributed by atoms with Crippen LogP contribution in [0.25, 0.3) is 10.9 Å². The van der Waals surface area contributed by atoms with E-state index in [4.69, 9.17) is 16.3 Å². The Morgan fingerprint density at radius 2 is 1.94 bits per heavy atom. The second kappa shape index (κ2) is 11.3. The molecule has 4 heterocycles. The van der Waals surface area contributed by atoms with Crippen LogP contribution in [0.1, 0.15) is 25.3 Å². The lowest BCUT2D eigenvalue weighted by Crippen LogP contribution is -2.50. The molecule has 2 aliphatic heterocycles. The molecule has 2 N–H and O–H groups in total. The van der Waals surface area contributed by atoms with Crippen LogP contribution < -0.4 is 15.5 Å². The zero-order valence-electron chi connectivity index (χ0n) is 20.5. The number of amides is 1. The van der Waals surface area contributed by atoms with Crippen molar-refractivity contribution in [3.63, 3.8) is 0 Å². The third kappa shape index (κ3) is 5.63. The molecule has 0 bridgehead atoms. The highest BCUT2D eigenvalue weighted by molar-refractivity contribution is 6.31. The van der Waals surface area contributed by atoms with Crippen LogP contribution in [0.4, 0.5) is 16.6 Å². The molecule has 1 unspecified atom stereocenters. The van der Waals surface area contributed by atoms with Gasteiger partial charge in [-0.3, -0.25) is 0 Å². The van der Waals surface area contributed by atoms with Gasteiger partial charge in [0.05, 0.1) is 10.9 Å². The van der Waals surface area contributed by atoms with Crippen molar-refractivity contribution in [2.45, 2.75) is 32.4 Å². The molecule has 0 spiro atoms. The first-order valence-electron chi connectivity index (χ1n) is 12.6. The number of piperazine rings is 1. The normalized spacial score (nSPS) is 17.7. The van der Waals surface area contributed by atoms with Crippen LogP contribution in [0.3, 0.4) is 0 Å². The zero-order chi connectivity index (χ0) is 24.9. The number of carbonyl (C=O) groups excluding carboxylic acids is 1. The van der Waals surface area contributed by atoms with E-state index in [1.165, 1.54) is 0 Å². The second-order valence-corrected chi connectivity index (χ2v) is 9.76. The van der Waals surface area contributed by atoms with Crippen LogP contribution in [0.5, 0.6) is 0 Å². The summed E-state index contributed by atoms with van der Waals surface area (Å²) >= 11 is 6.25. The molecular weight excluding hydrogens is 478 g/mol. The molecule has 0 saturated carbocycles. The van der Waals surface area contributed by atoms with Gasteiger partial charge in [-0.05, 0) is 56.5 Å². The van der Waals surface area contributed by atoms with Crippen molar-refractivity contribution < 1.29 is 9.53 Å². The fourth-order valence-electron chi connectivity index (χ4n) is 4.84. The van der Waals surface area contributed by atoms with Crippen LogP contribution in [0, 0.1) is 5.92 Å². The molecule has 2 saturated heterocycles. The smallest absolute Gasteiger partial charge is 0.410 e. The lowest BCUT2D eigenvalue weighted by atomic mass is 9.93. The lowest BCUT2D eigenvalue weighted by Gasteiger charge is -2.36. The van der Waals surface area contributed by atoms with Crippen LogP contribution in [-0.4, -0.2) is 71.3 Å². The van der Waals surface area contributed by atoms with Crippen molar-refractivity contribution in [3.8, 4) is 0 Å². The van der Waals surface area contributed by atoms with Crippen LogP contribution >= 0.6 is 11.6 Å². The number of hydrogen-bond donors (Lipinski definition) is 2. The first-order valence-corrected chi connectivity index (χ1v) is 13.0. The molecule has 36 heavy (non-hydrogen) atoms. The second-order valence-electron chi connectivity index (χ2n) is 9.36. The SMILES string of the molecule is CC(OC(=O)N1CCN(c2nccc3nc(NCc4ccccc4Cl)ncc23)CC1)C1CCNCC1. The maximum Gasteiger partial charge on any atom is 0.410 e. The quantitative estimate of drug-likeness (QED) is 0.516. The Kier molecular flexibility index (Phi) is 7.67. The largest absolute Gasteiger partial charge is 0.446 e. The molecule has 2 aliphatic rings. The summed E-state index contributed by atoms with van der Waals surface area (Å²) in [7, 11) is 0. The van der Waals surface area contributed by atoms with Crippen molar-refractivity contribution in [2.75, 3.05) is 49.5 Å². The Bertz CT molecular complexity index is 1200. The van der Waals surface area contributed by atoms with Gasteiger partial charge in [-0.2, -0.15) is 0 Å². The standard InChI is InChI=1S/C26H32ClN7O2/c1-18(19-6-9-28-10-7-19)36-26(35)34-14-12-33(13-15-34)24-21-17-31-25(32-23(21)8-11-29-24)30-16-20-4-2-3-5-22(20)27/h2-5,8,11,17-19,28H,6-7,9-10,12-16H2,1H3,(H,30,31,32). The molecule has 9 nitrogen and oxygen atoms in total. The number of hydrogen-bond acceptors (Lipinski definition) is 8. The highest BCUT2D eigenvalue weighted by Crippen LogP contribution is 2.25. The van der Waals surface area contributed by atoms with Crippen LogP contribution in [-0.2, 0) is 11.3 Å². The van der Waals surface area contributed by atoms with Crippen molar-refractivity contribution >= 4 is 40.4 Å². The third-order valence-electron chi connectivity index (χ3n) is 7.05. The Hall–Kier alpha value is -3.17. The van der Waals surface area contributed by atoms with Gasteiger partial charge in [0.25, 0.3) is 0 Å². The fourth-order valence-corrected chi connectivity index (χ4v) is 5.04. The minimum Gasteiger partial charge on any atom is -0.446 e.